The molecule has 1 aliphatic rings. The summed E-state index contributed by atoms with van der Waals surface area (Å²) >= 11 is 6.67. The van der Waals surface area contributed by atoms with Crippen LogP contribution in [0.3, 0.4) is 0 Å². The lowest BCUT2D eigenvalue weighted by molar-refractivity contribution is -0.118. The van der Waals surface area contributed by atoms with E-state index in [4.69, 9.17) is 0 Å². The minimum Gasteiger partial charge on any atom is -0.297 e. The van der Waals surface area contributed by atoms with Crippen LogP contribution in [-0.4, -0.2) is 15.4 Å². The largest absolute Gasteiger partial charge is 0.297 e. The zero-order valence-electron chi connectivity index (χ0n) is 5.70. The molecule has 1 nitrogen and oxygen atoms in total. The van der Waals surface area contributed by atoms with Crippen LogP contribution in [0.5, 0.6) is 0 Å². The van der Waals surface area contributed by atoms with Crippen molar-refractivity contribution in [1.29, 1.82) is 0 Å². The maximum absolute atomic E-state index is 11.2. The molecule has 0 amide bonds. The predicted molar refractivity (Wildman–Crippen MR) is 48.9 cm³/mol. The first-order valence-electron chi connectivity index (χ1n) is 3.47. The van der Waals surface area contributed by atoms with Crippen molar-refractivity contribution in [2.24, 2.45) is 0 Å². The topological polar surface area (TPSA) is 17.1 Å². The van der Waals surface area contributed by atoms with E-state index in [1.165, 1.54) is 12.8 Å². The molecule has 1 saturated carbocycles. The van der Waals surface area contributed by atoms with Gasteiger partial charge in [0.2, 0.25) is 0 Å². The first-order valence-corrected chi connectivity index (χ1v) is 5.39. The van der Waals surface area contributed by atoms with E-state index in [2.05, 4.69) is 31.9 Å². The SMILES string of the molecule is O=C(CBr)C1(Br)CCCC1. The lowest BCUT2D eigenvalue weighted by Gasteiger charge is -2.17. The zero-order chi connectivity index (χ0) is 7.61. The number of halogens is 2. The summed E-state index contributed by atoms with van der Waals surface area (Å²) < 4.78 is -0.170. The minimum absolute atomic E-state index is 0.170. The maximum atomic E-state index is 11.2. The Balaban J connectivity index is 2.58. The highest BCUT2D eigenvalue weighted by Crippen LogP contribution is 2.38. The van der Waals surface area contributed by atoms with Gasteiger partial charge in [-0.05, 0) is 12.8 Å². The van der Waals surface area contributed by atoms with Gasteiger partial charge < -0.3 is 0 Å². The molecule has 0 aromatic rings. The molecule has 1 fully saturated rings. The van der Waals surface area contributed by atoms with Crippen molar-refractivity contribution < 1.29 is 4.79 Å². The molecule has 3 heteroatoms. The second kappa shape index (κ2) is 3.35. The van der Waals surface area contributed by atoms with Crippen LogP contribution in [0.2, 0.25) is 0 Å². The summed E-state index contributed by atoms with van der Waals surface area (Å²) in [5.41, 5.74) is 0. The molecule has 0 aromatic heterocycles. The fourth-order valence-corrected chi connectivity index (χ4v) is 2.95. The van der Waals surface area contributed by atoms with E-state index in [9.17, 15) is 4.79 Å². The van der Waals surface area contributed by atoms with Crippen LogP contribution >= 0.6 is 31.9 Å². The van der Waals surface area contributed by atoms with Crippen LogP contribution in [0.4, 0.5) is 0 Å². The summed E-state index contributed by atoms with van der Waals surface area (Å²) in [5, 5.41) is 0.484. The summed E-state index contributed by atoms with van der Waals surface area (Å²) in [6, 6.07) is 0. The molecule has 0 aromatic carbocycles. The normalized spacial score (nSPS) is 23.0. The van der Waals surface area contributed by atoms with Crippen molar-refractivity contribution in [1.82, 2.24) is 0 Å². The summed E-state index contributed by atoms with van der Waals surface area (Å²) in [5.74, 6) is 0.296. The van der Waals surface area contributed by atoms with E-state index in [0.29, 0.717) is 11.1 Å². The highest BCUT2D eigenvalue weighted by molar-refractivity contribution is 9.10. The van der Waals surface area contributed by atoms with E-state index < -0.39 is 0 Å². The van der Waals surface area contributed by atoms with Gasteiger partial charge >= 0.3 is 0 Å². The Bertz CT molecular complexity index is 139. The van der Waals surface area contributed by atoms with Gasteiger partial charge in [-0.3, -0.25) is 4.79 Å². The van der Waals surface area contributed by atoms with Crippen LogP contribution in [0, 0.1) is 0 Å². The number of carbonyl (C=O) groups excluding carboxylic acids is 1. The van der Waals surface area contributed by atoms with E-state index in [1.807, 2.05) is 0 Å². The first kappa shape index (κ1) is 8.72. The number of rotatable bonds is 2. The Morgan fingerprint density at radius 3 is 2.30 bits per heavy atom. The number of ketones is 1. The van der Waals surface area contributed by atoms with Gasteiger partial charge in [-0.15, -0.1) is 0 Å². The Kier molecular flexibility index (Phi) is 2.92. The quantitative estimate of drug-likeness (QED) is 0.705. The number of carbonyl (C=O) groups is 1. The van der Waals surface area contributed by atoms with Gasteiger partial charge in [0.05, 0.1) is 9.65 Å². The average Bonchev–Trinajstić information content (AvgIpc) is 2.36. The van der Waals surface area contributed by atoms with Gasteiger partial charge in [0.1, 0.15) is 0 Å². The molecule has 0 unspecified atom stereocenters. The van der Waals surface area contributed by atoms with Gasteiger partial charge in [0.25, 0.3) is 0 Å². The van der Waals surface area contributed by atoms with Crippen LogP contribution in [0.1, 0.15) is 25.7 Å². The van der Waals surface area contributed by atoms with E-state index in [1.54, 1.807) is 0 Å². The zero-order valence-corrected chi connectivity index (χ0v) is 8.87. The third-order valence-corrected chi connectivity index (χ3v) is 3.76. The van der Waals surface area contributed by atoms with E-state index in [0.717, 1.165) is 12.8 Å². The van der Waals surface area contributed by atoms with Crippen molar-refractivity contribution in [3.05, 3.63) is 0 Å². The van der Waals surface area contributed by atoms with Crippen LogP contribution < -0.4 is 0 Å². The van der Waals surface area contributed by atoms with Crippen LogP contribution in [0.15, 0.2) is 0 Å². The third kappa shape index (κ3) is 1.62. The molecule has 1 aliphatic carbocycles. The monoisotopic (exact) mass is 268 g/mol. The smallest absolute Gasteiger partial charge is 0.160 e. The Labute approximate surface area is 77.8 Å². The van der Waals surface area contributed by atoms with Crippen molar-refractivity contribution >= 4 is 37.6 Å². The van der Waals surface area contributed by atoms with Crippen molar-refractivity contribution in [3.8, 4) is 0 Å². The Morgan fingerprint density at radius 1 is 1.40 bits per heavy atom. The summed E-state index contributed by atoms with van der Waals surface area (Å²) in [6.45, 7) is 0. The lowest BCUT2D eigenvalue weighted by atomic mass is 10.0. The summed E-state index contributed by atoms with van der Waals surface area (Å²) in [7, 11) is 0. The molecule has 0 N–H and O–H groups in total. The molecule has 0 aliphatic heterocycles. The van der Waals surface area contributed by atoms with E-state index in [-0.39, 0.29) is 4.32 Å². The van der Waals surface area contributed by atoms with Crippen molar-refractivity contribution in [3.63, 3.8) is 0 Å². The molecular weight excluding hydrogens is 260 g/mol. The number of Topliss-reactive ketones (excluding diaryl/α,β-unsaturated/α-hetero) is 1. The molecule has 10 heavy (non-hydrogen) atoms. The number of hydrogen-bond acceptors (Lipinski definition) is 1. The maximum Gasteiger partial charge on any atom is 0.160 e. The molecule has 58 valence electrons. The van der Waals surface area contributed by atoms with Crippen molar-refractivity contribution in [2.75, 3.05) is 5.33 Å². The van der Waals surface area contributed by atoms with Gasteiger partial charge in [-0.25, -0.2) is 0 Å². The first-order chi connectivity index (χ1) is 4.69. The third-order valence-electron chi connectivity index (χ3n) is 2.02. The second-order valence-corrected chi connectivity index (χ2v) is 4.81. The number of alkyl halides is 2. The Morgan fingerprint density at radius 2 is 1.90 bits per heavy atom. The van der Waals surface area contributed by atoms with Gasteiger partial charge in [-0.2, -0.15) is 0 Å². The molecule has 1 rings (SSSR count). The highest BCUT2D eigenvalue weighted by atomic mass is 79.9. The fourth-order valence-electron chi connectivity index (χ4n) is 1.33. The van der Waals surface area contributed by atoms with Crippen LogP contribution in [0.25, 0.3) is 0 Å². The predicted octanol–water partition coefficient (Wildman–Crippen LogP) is 2.66. The molecule has 0 spiro atoms. The second-order valence-electron chi connectivity index (χ2n) is 2.73. The molecule has 0 saturated heterocycles. The molecule has 0 bridgehead atoms. The molecule has 0 atom stereocenters. The van der Waals surface area contributed by atoms with Gasteiger partial charge in [0.15, 0.2) is 5.78 Å². The molecular formula is C7H10Br2O. The molecule has 0 heterocycles. The Hall–Kier alpha value is 0.630. The standard InChI is InChI=1S/C7H10Br2O/c8-5-6(10)7(9)3-1-2-4-7/h1-5H2. The van der Waals surface area contributed by atoms with Gasteiger partial charge in [-0.1, -0.05) is 44.7 Å². The average molecular weight is 270 g/mol. The van der Waals surface area contributed by atoms with Gasteiger partial charge in [0, 0.05) is 0 Å². The summed E-state index contributed by atoms with van der Waals surface area (Å²) in [6.07, 6.45) is 4.39. The van der Waals surface area contributed by atoms with Crippen molar-refractivity contribution in [2.45, 2.75) is 30.0 Å². The fraction of sp³-hybridized carbons (Fsp3) is 0.857. The summed E-state index contributed by atoms with van der Waals surface area (Å²) in [4.78, 5) is 11.2. The highest BCUT2D eigenvalue weighted by Gasteiger charge is 2.36. The van der Waals surface area contributed by atoms with Crippen LogP contribution in [-0.2, 0) is 4.79 Å². The lowest BCUT2D eigenvalue weighted by Crippen LogP contribution is -2.29. The minimum atomic E-state index is -0.170. The van der Waals surface area contributed by atoms with E-state index >= 15 is 0 Å². The molecule has 0 radical (unpaired) electrons. The number of hydrogen-bond donors (Lipinski definition) is 0.